The second-order valence-electron chi connectivity index (χ2n) is 6.17. The highest BCUT2D eigenvalue weighted by Gasteiger charge is 2.11. The van der Waals surface area contributed by atoms with E-state index in [0.717, 1.165) is 12.8 Å². The van der Waals surface area contributed by atoms with Crippen LogP contribution in [0.25, 0.3) is 0 Å². The summed E-state index contributed by atoms with van der Waals surface area (Å²) in [6.07, 6.45) is 14.9. The molecule has 130 valence electrons. The van der Waals surface area contributed by atoms with Gasteiger partial charge in [-0.3, -0.25) is 20.4 Å². The molecule has 0 saturated carbocycles. The first-order valence-electron chi connectivity index (χ1n) is 8.88. The third kappa shape index (κ3) is 9.06. The van der Waals surface area contributed by atoms with Crippen LogP contribution in [0.15, 0.2) is 23.5 Å². The monoisotopic (exact) mass is 321 g/mol. The van der Waals surface area contributed by atoms with E-state index in [0.29, 0.717) is 17.8 Å². The Bertz CT molecular complexity index is 442. The summed E-state index contributed by atoms with van der Waals surface area (Å²) in [5.41, 5.74) is 12.2. The topological polar surface area (TPSA) is 84.2 Å². The highest BCUT2D eigenvalue weighted by molar-refractivity contribution is 5.93. The number of ketones is 1. The van der Waals surface area contributed by atoms with E-state index in [1.807, 2.05) is 0 Å². The quantitative estimate of drug-likeness (QED) is 0.380. The molecule has 0 aromatic carbocycles. The van der Waals surface area contributed by atoms with Crippen LogP contribution in [0.2, 0.25) is 0 Å². The van der Waals surface area contributed by atoms with Gasteiger partial charge in [0.2, 0.25) is 5.91 Å². The van der Waals surface area contributed by atoms with Gasteiger partial charge in [-0.05, 0) is 18.6 Å². The van der Waals surface area contributed by atoms with Crippen LogP contribution in [0.1, 0.15) is 77.6 Å². The molecule has 5 heteroatoms. The predicted molar refractivity (Wildman–Crippen MR) is 93.1 cm³/mol. The zero-order valence-electron chi connectivity index (χ0n) is 14.3. The van der Waals surface area contributed by atoms with E-state index in [2.05, 4.69) is 17.8 Å². The predicted octanol–water partition coefficient (Wildman–Crippen LogP) is 3.23. The Kier molecular flexibility index (Phi) is 9.84. The van der Waals surface area contributed by atoms with Crippen molar-refractivity contribution in [3.63, 3.8) is 0 Å². The minimum atomic E-state index is -0.0430. The number of nitrogens with two attached hydrogens (primary N) is 1. The molecule has 0 spiro atoms. The van der Waals surface area contributed by atoms with Gasteiger partial charge in [0.15, 0.2) is 5.78 Å². The summed E-state index contributed by atoms with van der Waals surface area (Å²) in [4.78, 5) is 22.9. The van der Waals surface area contributed by atoms with Crippen molar-refractivity contribution >= 4 is 11.7 Å². The van der Waals surface area contributed by atoms with E-state index in [4.69, 9.17) is 5.73 Å². The Labute approximate surface area is 139 Å². The highest BCUT2D eigenvalue weighted by atomic mass is 16.2. The zero-order valence-corrected chi connectivity index (χ0v) is 14.3. The van der Waals surface area contributed by atoms with E-state index in [9.17, 15) is 9.59 Å². The Balaban J connectivity index is 2.00. The third-order valence-electron chi connectivity index (χ3n) is 3.99. The molecule has 4 N–H and O–H groups in total. The van der Waals surface area contributed by atoms with Crippen LogP contribution < -0.4 is 16.6 Å². The Morgan fingerprint density at radius 2 is 1.65 bits per heavy atom. The van der Waals surface area contributed by atoms with Gasteiger partial charge in [-0.1, -0.05) is 58.3 Å². The molecule has 23 heavy (non-hydrogen) atoms. The van der Waals surface area contributed by atoms with Gasteiger partial charge in [-0.25, -0.2) is 0 Å². The van der Waals surface area contributed by atoms with Gasteiger partial charge in [0, 0.05) is 12.1 Å². The standard InChI is InChI=1S/C18H31N3O2/c1-2-3-4-5-6-7-8-9-10-11-18(23)21-20-17-13-12-15(22)14-16(17)19/h12-13,20H,2-11,14,19H2,1H3,(H,21,23). The molecule has 0 unspecified atom stereocenters. The summed E-state index contributed by atoms with van der Waals surface area (Å²) < 4.78 is 0. The summed E-state index contributed by atoms with van der Waals surface area (Å²) in [5, 5.41) is 0. The molecule has 5 nitrogen and oxygen atoms in total. The average Bonchev–Trinajstić information content (AvgIpc) is 2.52. The van der Waals surface area contributed by atoms with Crippen molar-refractivity contribution in [3.8, 4) is 0 Å². The molecule has 1 aliphatic rings. The smallest absolute Gasteiger partial charge is 0.238 e. The number of hydrazine groups is 1. The maximum absolute atomic E-state index is 11.7. The molecule has 0 aliphatic heterocycles. The SMILES string of the molecule is CCCCCCCCCCCC(=O)NNC1=C(N)CC(=O)C=C1. The highest BCUT2D eigenvalue weighted by Crippen LogP contribution is 2.11. The van der Waals surface area contributed by atoms with E-state index in [-0.39, 0.29) is 18.1 Å². The molecule has 1 rings (SSSR count). The van der Waals surface area contributed by atoms with Crippen molar-refractivity contribution in [3.05, 3.63) is 23.5 Å². The van der Waals surface area contributed by atoms with Crippen LogP contribution in [-0.4, -0.2) is 11.7 Å². The minimum Gasteiger partial charge on any atom is -0.400 e. The first-order chi connectivity index (χ1) is 11.1. The Morgan fingerprint density at radius 3 is 2.26 bits per heavy atom. The van der Waals surface area contributed by atoms with Crippen LogP contribution in [-0.2, 0) is 9.59 Å². The molecular weight excluding hydrogens is 290 g/mol. The Hall–Kier alpha value is -1.78. The number of hydrogen-bond donors (Lipinski definition) is 3. The number of allylic oxidation sites excluding steroid dienone is 3. The van der Waals surface area contributed by atoms with Crippen LogP contribution in [0.3, 0.4) is 0 Å². The lowest BCUT2D eigenvalue weighted by Gasteiger charge is -2.14. The number of rotatable bonds is 12. The lowest BCUT2D eigenvalue weighted by Crippen LogP contribution is -2.38. The van der Waals surface area contributed by atoms with Gasteiger partial charge in [0.25, 0.3) is 0 Å². The van der Waals surface area contributed by atoms with Crippen molar-refractivity contribution in [2.75, 3.05) is 0 Å². The fraction of sp³-hybridized carbons (Fsp3) is 0.667. The first kappa shape index (κ1) is 19.3. The average molecular weight is 321 g/mol. The summed E-state index contributed by atoms with van der Waals surface area (Å²) in [6.45, 7) is 2.23. The van der Waals surface area contributed by atoms with Crippen molar-refractivity contribution in [1.29, 1.82) is 0 Å². The summed E-state index contributed by atoms with van der Waals surface area (Å²) in [7, 11) is 0. The molecule has 1 amide bonds. The van der Waals surface area contributed by atoms with E-state index >= 15 is 0 Å². The lowest BCUT2D eigenvalue weighted by molar-refractivity contribution is -0.122. The fourth-order valence-corrected chi connectivity index (χ4v) is 2.54. The third-order valence-corrected chi connectivity index (χ3v) is 3.99. The molecular formula is C18H31N3O2. The van der Waals surface area contributed by atoms with E-state index in [1.54, 1.807) is 6.08 Å². The van der Waals surface area contributed by atoms with Gasteiger partial charge >= 0.3 is 0 Å². The van der Waals surface area contributed by atoms with Crippen LogP contribution >= 0.6 is 0 Å². The summed E-state index contributed by atoms with van der Waals surface area (Å²) in [6, 6.07) is 0. The lowest BCUT2D eigenvalue weighted by atomic mass is 10.1. The molecule has 0 atom stereocenters. The van der Waals surface area contributed by atoms with Gasteiger partial charge in [0.05, 0.1) is 12.1 Å². The second-order valence-corrected chi connectivity index (χ2v) is 6.17. The second kappa shape index (κ2) is 11.7. The number of carbonyl (C=O) groups excluding carboxylic acids is 2. The van der Waals surface area contributed by atoms with Gasteiger partial charge in [0.1, 0.15) is 0 Å². The normalized spacial score (nSPS) is 14.2. The molecule has 0 aromatic rings. The molecule has 0 radical (unpaired) electrons. The van der Waals surface area contributed by atoms with Gasteiger partial charge in [-0.15, -0.1) is 0 Å². The number of hydrogen-bond acceptors (Lipinski definition) is 4. The van der Waals surface area contributed by atoms with E-state index < -0.39 is 0 Å². The maximum Gasteiger partial charge on any atom is 0.238 e. The number of carbonyl (C=O) groups is 2. The fourth-order valence-electron chi connectivity index (χ4n) is 2.54. The van der Waals surface area contributed by atoms with Crippen molar-refractivity contribution in [2.24, 2.45) is 5.73 Å². The maximum atomic E-state index is 11.7. The van der Waals surface area contributed by atoms with Crippen LogP contribution in [0, 0.1) is 0 Å². The van der Waals surface area contributed by atoms with Crippen LogP contribution in [0.5, 0.6) is 0 Å². The van der Waals surface area contributed by atoms with Crippen molar-refractivity contribution in [2.45, 2.75) is 77.6 Å². The van der Waals surface area contributed by atoms with E-state index in [1.165, 1.54) is 51.0 Å². The molecule has 0 bridgehead atoms. The minimum absolute atomic E-state index is 0.0194. The largest absolute Gasteiger partial charge is 0.400 e. The molecule has 0 fully saturated rings. The number of nitrogens with one attached hydrogen (secondary N) is 2. The summed E-state index contributed by atoms with van der Waals surface area (Å²) >= 11 is 0. The Morgan fingerprint density at radius 1 is 1.04 bits per heavy atom. The molecule has 0 saturated heterocycles. The summed E-state index contributed by atoms with van der Waals surface area (Å²) in [5.74, 6) is -0.0624. The molecule has 1 aliphatic carbocycles. The number of unbranched alkanes of at least 4 members (excludes halogenated alkanes) is 8. The molecule has 0 aromatic heterocycles. The van der Waals surface area contributed by atoms with Gasteiger partial charge < -0.3 is 5.73 Å². The van der Waals surface area contributed by atoms with Gasteiger partial charge in [-0.2, -0.15) is 0 Å². The van der Waals surface area contributed by atoms with Crippen molar-refractivity contribution < 1.29 is 9.59 Å². The van der Waals surface area contributed by atoms with Crippen molar-refractivity contribution in [1.82, 2.24) is 10.9 Å². The van der Waals surface area contributed by atoms with Crippen LogP contribution in [0.4, 0.5) is 0 Å². The zero-order chi connectivity index (χ0) is 16.9. The molecule has 0 heterocycles. The first-order valence-corrected chi connectivity index (χ1v) is 8.88. The number of amides is 1.